The van der Waals surface area contributed by atoms with Crippen LogP contribution in [-0.2, 0) is 5.75 Å². The molecule has 0 aliphatic rings. The zero-order valence-corrected chi connectivity index (χ0v) is 13.7. The van der Waals surface area contributed by atoms with Crippen molar-refractivity contribution >= 4 is 41.7 Å². The lowest BCUT2D eigenvalue weighted by Crippen LogP contribution is -2.35. The summed E-state index contributed by atoms with van der Waals surface area (Å²) in [5, 5.41) is 6.08. The Hall–Kier alpha value is -0.500. The minimum atomic E-state index is -0.126. The maximum atomic E-state index is 13.3. The van der Waals surface area contributed by atoms with Crippen LogP contribution in [0.15, 0.2) is 29.3 Å². The number of aliphatic imine (C=N–C) groups is 1. The van der Waals surface area contributed by atoms with Gasteiger partial charge in [0.15, 0.2) is 5.96 Å². The van der Waals surface area contributed by atoms with Gasteiger partial charge in [-0.05, 0) is 11.6 Å². The smallest absolute Gasteiger partial charge is 0.190 e. The highest BCUT2D eigenvalue weighted by Crippen LogP contribution is 2.14. The molecule has 0 spiro atoms. The molecule has 3 nitrogen and oxygen atoms in total. The van der Waals surface area contributed by atoms with Crippen molar-refractivity contribution in [1.82, 2.24) is 10.6 Å². The van der Waals surface area contributed by atoms with Gasteiger partial charge >= 0.3 is 0 Å². The van der Waals surface area contributed by atoms with Crippen LogP contribution in [-0.4, -0.2) is 32.4 Å². The van der Waals surface area contributed by atoms with Crippen molar-refractivity contribution in [2.75, 3.05) is 26.4 Å². The monoisotopic (exact) mass is 383 g/mol. The number of guanidine groups is 1. The third kappa shape index (κ3) is 6.44. The number of nitrogens with zero attached hydrogens (tertiary/aromatic N) is 1. The Labute approximate surface area is 129 Å². The van der Waals surface area contributed by atoms with Gasteiger partial charge in [0.25, 0.3) is 0 Å². The minimum absolute atomic E-state index is 0. The Morgan fingerprint density at radius 3 is 2.72 bits per heavy atom. The third-order valence-corrected chi connectivity index (χ3v) is 3.22. The van der Waals surface area contributed by atoms with Gasteiger partial charge in [0.1, 0.15) is 5.82 Å². The van der Waals surface area contributed by atoms with E-state index >= 15 is 0 Å². The summed E-state index contributed by atoms with van der Waals surface area (Å²) in [7, 11) is 3.55. The van der Waals surface area contributed by atoms with Gasteiger partial charge in [0.05, 0.1) is 0 Å². The van der Waals surface area contributed by atoms with Gasteiger partial charge in [0, 0.05) is 32.1 Å². The van der Waals surface area contributed by atoms with Crippen molar-refractivity contribution < 1.29 is 4.39 Å². The largest absolute Gasteiger partial charge is 0.359 e. The topological polar surface area (TPSA) is 36.4 Å². The van der Waals surface area contributed by atoms with Crippen LogP contribution in [0.5, 0.6) is 0 Å². The molecule has 0 unspecified atom stereocenters. The first-order valence-corrected chi connectivity index (χ1v) is 6.63. The summed E-state index contributed by atoms with van der Waals surface area (Å²) >= 11 is 1.70. The standard InChI is InChI=1S/C12H18FN3S.HI/c1-14-12(15-2)16-7-8-17-9-10-5-3-4-6-11(10)13;/h3-6H,7-9H2,1-2H3,(H2,14,15,16);1H. The maximum absolute atomic E-state index is 13.3. The van der Waals surface area contributed by atoms with Crippen molar-refractivity contribution in [3.63, 3.8) is 0 Å². The molecule has 0 bridgehead atoms. The highest BCUT2D eigenvalue weighted by Gasteiger charge is 2.00. The van der Waals surface area contributed by atoms with Crippen LogP contribution in [0.3, 0.4) is 0 Å². The lowest BCUT2D eigenvalue weighted by molar-refractivity contribution is 0.617. The molecule has 1 aromatic rings. The Balaban J connectivity index is 0.00000289. The number of hydrogen-bond acceptors (Lipinski definition) is 2. The van der Waals surface area contributed by atoms with Gasteiger partial charge < -0.3 is 10.6 Å². The van der Waals surface area contributed by atoms with Crippen LogP contribution in [0.25, 0.3) is 0 Å². The van der Waals surface area contributed by atoms with E-state index in [4.69, 9.17) is 0 Å². The molecular weight excluding hydrogens is 364 g/mol. The molecule has 0 saturated heterocycles. The molecule has 0 aliphatic carbocycles. The molecule has 0 atom stereocenters. The van der Waals surface area contributed by atoms with Gasteiger partial charge in [-0.15, -0.1) is 24.0 Å². The third-order valence-electron chi connectivity index (χ3n) is 2.21. The maximum Gasteiger partial charge on any atom is 0.190 e. The van der Waals surface area contributed by atoms with E-state index in [-0.39, 0.29) is 29.8 Å². The number of rotatable bonds is 5. The predicted octanol–water partition coefficient (Wildman–Crippen LogP) is 2.47. The Bertz CT molecular complexity index is 374. The van der Waals surface area contributed by atoms with Crippen LogP contribution in [0.4, 0.5) is 4.39 Å². The molecule has 102 valence electrons. The summed E-state index contributed by atoms with van der Waals surface area (Å²) < 4.78 is 13.3. The molecule has 0 amide bonds. The van der Waals surface area contributed by atoms with E-state index in [1.807, 2.05) is 19.2 Å². The average Bonchev–Trinajstić information content (AvgIpc) is 2.36. The van der Waals surface area contributed by atoms with Gasteiger partial charge in [-0.2, -0.15) is 11.8 Å². The second-order valence-electron chi connectivity index (χ2n) is 3.39. The molecule has 1 rings (SSSR count). The van der Waals surface area contributed by atoms with Crippen molar-refractivity contribution in [3.05, 3.63) is 35.6 Å². The number of thioether (sulfide) groups is 1. The van der Waals surface area contributed by atoms with Gasteiger partial charge in [-0.25, -0.2) is 4.39 Å². The van der Waals surface area contributed by atoms with E-state index < -0.39 is 0 Å². The molecule has 0 radical (unpaired) electrons. The zero-order valence-electron chi connectivity index (χ0n) is 10.6. The molecule has 0 aromatic heterocycles. The van der Waals surface area contributed by atoms with Crippen LogP contribution >= 0.6 is 35.7 Å². The van der Waals surface area contributed by atoms with Crippen LogP contribution in [0, 0.1) is 5.82 Å². The Kier molecular flexibility index (Phi) is 10.1. The van der Waals surface area contributed by atoms with Crippen LogP contribution in [0.2, 0.25) is 0 Å². The van der Waals surface area contributed by atoms with Crippen molar-refractivity contribution in [2.24, 2.45) is 4.99 Å². The first kappa shape index (κ1) is 17.5. The normalized spacial score (nSPS) is 10.7. The number of hydrogen-bond donors (Lipinski definition) is 2. The summed E-state index contributed by atoms with van der Waals surface area (Å²) in [5.41, 5.74) is 0.760. The fourth-order valence-electron chi connectivity index (χ4n) is 1.32. The Morgan fingerprint density at radius 2 is 2.11 bits per heavy atom. The van der Waals surface area contributed by atoms with E-state index in [0.29, 0.717) is 5.75 Å². The summed E-state index contributed by atoms with van der Waals surface area (Å²) in [6.45, 7) is 0.812. The van der Waals surface area contributed by atoms with Crippen molar-refractivity contribution in [2.45, 2.75) is 5.75 Å². The Morgan fingerprint density at radius 1 is 1.39 bits per heavy atom. The zero-order chi connectivity index (χ0) is 12.5. The summed E-state index contributed by atoms with van der Waals surface area (Å²) in [6.07, 6.45) is 0. The molecule has 6 heteroatoms. The molecule has 0 aliphatic heterocycles. The average molecular weight is 383 g/mol. The second kappa shape index (κ2) is 10.4. The van der Waals surface area contributed by atoms with Crippen molar-refractivity contribution in [3.8, 4) is 0 Å². The molecule has 0 heterocycles. The first-order valence-electron chi connectivity index (χ1n) is 5.47. The first-order chi connectivity index (χ1) is 8.27. The van der Waals surface area contributed by atoms with E-state index in [0.717, 1.165) is 23.8 Å². The van der Waals surface area contributed by atoms with Gasteiger partial charge in [0.2, 0.25) is 0 Å². The summed E-state index contributed by atoms with van der Waals surface area (Å²) in [4.78, 5) is 4.00. The number of halogens is 2. The molecule has 0 fully saturated rings. The predicted molar refractivity (Wildman–Crippen MR) is 88.4 cm³/mol. The van der Waals surface area contributed by atoms with Gasteiger partial charge in [-0.3, -0.25) is 4.99 Å². The quantitative estimate of drug-likeness (QED) is 0.355. The van der Waals surface area contributed by atoms with Crippen molar-refractivity contribution in [1.29, 1.82) is 0 Å². The van der Waals surface area contributed by atoms with Gasteiger partial charge in [-0.1, -0.05) is 18.2 Å². The molecule has 1 aromatic carbocycles. The number of benzene rings is 1. The highest BCUT2D eigenvalue weighted by molar-refractivity contribution is 14.0. The molecule has 2 N–H and O–H groups in total. The summed E-state index contributed by atoms with van der Waals surface area (Å²) in [6, 6.07) is 6.89. The van der Waals surface area contributed by atoms with E-state index in [1.165, 1.54) is 6.07 Å². The lowest BCUT2D eigenvalue weighted by atomic mass is 10.2. The second-order valence-corrected chi connectivity index (χ2v) is 4.50. The molecule has 0 saturated carbocycles. The van der Waals surface area contributed by atoms with E-state index in [2.05, 4.69) is 15.6 Å². The SMILES string of the molecule is CN=C(NC)NCCSCc1ccccc1F.I. The number of nitrogens with one attached hydrogen (secondary N) is 2. The molecular formula is C12H19FIN3S. The fourth-order valence-corrected chi connectivity index (χ4v) is 2.16. The lowest BCUT2D eigenvalue weighted by Gasteiger charge is -2.08. The van der Waals surface area contributed by atoms with E-state index in [9.17, 15) is 4.39 Å². The highest BCUT2D eigenvalue weighted by atomic mass is 127. The summed E-state index contributed by atoms with van der Waals surface area (Å²) in [5.74, 6) is 2.26. The van der Waals surface area contributed by atoms with Crippen LogP contribution in [0.1, 0.15) is 5.56 Å². The fraction of sp³-hybridized carbons (Fsp3) is 0.417. The van der Waals surface area contributed by atoms with E-state index in [1.54, 1.807) is 24.9 Å². The van der Waals surface area contributed by atoms with Crippen LogP contribution < -0.4 is 10.6 Å². The molecule has 18 heavy (non-hydrogen) atoms. The minimum Gasteiger partial charge on any atom is -0.359 e.